The number of fused-ring (bicyclic) bond motifs is 1. The van der Waals surface area contributed by atoms with Gasteiger partial charge in [0.2, 0.25) is 0 Å². The van der Waals surface area contributed by atoms with Crippen molar-refractivity contribution in [3.8, 4) is 0 Å². The van der Waals surface area contributed by atoms with Crippen LogP contribution in [-0.4, -0.2) is 14.0 Å². The highest BCUT2D eigenvalue weighted by molar-refractivity contribution is 7.84. The first-order valence-electron chi connectivity index (χ1n) is 4.55. The van der Waals surface area contributed by atoms with E-state index in [4.69, 9.17) is 16.7 Å². The molecule has 0 aliphatic carbocycles. The summed E-state index contributed by atoms with van der Waals surface area (Å²) < 4.78 is 15.2. The zero-order valence-electron chi connectivity index (χ0n) is 8.82. The standard InChI is InChI=1S/C9H11ClN4OS/c1-5-3-4-6(10)7-8(5)14(2)12-9(7)13-16(11)15/h3-4H,11H2,1-2H3,(H,12,13). The summed E-state index contributed by atoms with van der Waals surface area (Å²) in [5, 5.41) is 10.7. The summed E-state index contributed by atoms with van der Waals surface area (Å²) in [6.07, 6.45) is 0. The van der Waals surface area contributed by atoms with E-state index in [0.29, 0.717) is 10.8 Å². The van der Waals surface area contributed by atoms with Crippen molar-refractivity contribution >= 4 is 39.5 Å². The molecule has 0 bridgehead atoms. The molecule has 1 aromatic carbocycles. The quantitative estimate of drug-likeness (QED) is 0.856. The normalized spacial score (nSPS) is 13.0. The monoisotopic (exact) mass is 258 g/mol. The number of aryl methyl sites for hydroxylation is 2. The van der Waals surface area contributed by atoms with Gasteiger partial charge in [-0.3, -0.25) is 9.40 Å². The second-order valence-electron chi connectivity index (χ2n) is 3.46. The predicted molar refractivity (Wildman–Crippen MR) is 66.4 cm³/mol. The zero-order chi connectivity index (χ0) is 11.9. The summed E-state index contributed by atoms with van der Waals surface area (Å²) in [5.74, 6) is 0.437. The maximum Gasteiger partial charge on any atom is 0.192 e. The van der Waals surface area contributed by atoms with Gasteiger partial charge < -0.3 is 0 Å². The number of benzene rings is 1. The predicted octanol–water partition coefficient (Wildman–Crippen LogP) is 1.48. The number of hydrogen-bond acceptors (Lipinski definition) is 2. The molecule has 86 valence electrons. The van der Waals surface area contributed by atoms with E-state index < -0.39 is 11.2 Å². The molecule has 1 heterocycles. The molecule has 2 rings (SSSR count). The molecule has 5 nitrogen and oxygen atoms in total. The van der Waals surface area contributed by atoms with Gasteiger partial charge in [-0.15, -0.1) is 0 Å². The molecular weight excluding hydrogens is 248 g/mol. The molecule has 0 radical (unpaired) electrons. The number of rotatable bonds is 2. The van der Waals surface area contributed by atoms with Gasteiger partial charge in [0, 0.05) is 7.05 Å². The second-order valence-corrected chi connectivity index (χ2v) is 4.67. The minimum Gasteiger partial charge on any atom is -0.275 e. The van der Waals surface area contributed by atoms with Crippen LogP contribution in [0.15, 0.2) is 12.1 Å². The van der Waals surface area contributed by atoms with Crippen molar-refractivity contribution in [2.24, 2.45) is 12.2 Å². The largest absolute Gasteiger partial charge is 0.275 e. The van der Waals surface area contributed by atoms with Crippen LogP contribution in [0.5, 0.6) is 0 Å². The van der Waals surface area contributed by atoms with Crippen LogP contribution in [0, 0.1) is 6.92 Å². The van der Waals surface area contributed by atoms with E-state index in [1.165, 1.54) is 0 Å². The number of anilines is 1. The molecule has 1 unspecified atom stereocenters. The molecule has 16 heavy (non-hydrogen) atoms. The summed E-state index contributed by atoms with van der Waals surface area (Å²) in [7, 11) is 1.80. The maximum absolute atomic E-state index is 10.9. The molecule has 0 aliphatic rings. The number of nitrogens with zero attached hydrogens (tertiary/aromatic N) is 2. The summed E-state index contributed by atoms with van der Waals surface area (Å²) >= 11 is 4.44. The van der Waals surface area contributed by atoms with Crippen LogP contribution in [0.4, 0.5) is 5.82 Å². The van der Waals surface area contributed by atoms with Gasteiger partial charge in [0.15, 0.2) is 17.0 Å². The zero-order valence-corrected chi connectivity index (χ0v) is 10.4. The van der Waals surface area contributed by atoms with E-state index in [1.54, 1.807) is 17.8 Å². The van der Waals surface area contributed by atoms with Crippen LogP contribution >= 0.6 is 11.6 Å². The Kier molecular flexibility index (Phi) is 2.88. The lowest BCUT2D eigenvalue weighted by Crippen LogP contribution is -2.13. The van der Waals surface area contributed by atoms with Crippen LogP contribution in [0.2, 0.25) is 5.02 Å². The smallest absolute Gasteiger partial charge is 0.192 e. The van der Waals surface area contributed by atoms with E-state index >= 15 is 0 Å². The van der Waals surface area contributed by atoms with Gasteiger partial charge in [0.1, 0.15) is 0 Å². The lowest BCUT2D eigenvalue weighted by molar-refractivity contribution is 0.687. The van der Waals surface area contributed by atoms with E-state index in [1.807, 2.05) is 13.0 Å². The molecule has 0 spiro atoms. The third-order valence-electron chi connectivity index (χ3n) is 2.34. The molecular formula is C9H11ClN4OS. The lowest BCUT2D eigenvalue weighted by atomic mass is 10.1. The molecule has 0 saturated heterocycles. The van der Waals surface area contributed by atoms with Crippen LogP contribution in [-0.2, 0) is 18.2 Å². The van der Waals surface area contributed by atoms with Gasteiger partial charge in [0.05, 0.1) is 15.9 Å². The Morgan fingerprint density at radius 3 is 2.88 bits per heavy atom. The Hall–Kier alpha value is -1.11. The fraction of sp³-hybridized carbons (Fsp3) is 0.222. The SMILES string of the molecule is Cc1ccc(Cl)c2c(NS(N)=O)nn(C)c12. The Morgan fingerprint density at radius 2 is 2.25 bits per heavy atom. The Bertz CT molecular complexity index is 580. The topological polar surface area (TPSA) is 72.9 Å². The Balaban J connectivity index is 2.77. The number of aromatic nitrogens is 2. The first-order valence-corrected chi connectivity index (χ1v) is 6.14. The number of nitrogens with two attached hydrogens (primary N) is 1. The summed E-state index contributed by atoms with van der Waals surface area (Å²) in [6, 6.07) is 3.70. The van der Waals surface area contributed by atoms with Gasteiger partial charge in [0.25, 0.3) is 0 Å². The van der Waals surface area contributed by atoms with Crippen molar-refractivity contribution in [3.05, 3.63) is 22.7 Å². The number of hydrogen-bond donors (Lipinski definition) is 2. The van der Waals surface area contributed by atoms with Crippen molar-refractivity contribution in [1.82, 2.24) is 9.78 Å². The molecule has 0 saturated carbocycles. The van der Waals surface area contributed by atoms with Crippen LogP contribution in [0.3, 0.4) is 0 Å². The Morgan fingerprint density at radius 1 is 1.56 bits per heavy atom. The lowest BCUT2D eigenvalue weighted by Gasteiger charge is -2.01. The van der Waals surface area contributed by atoms with E-state index in [2.05, 4.69) is 9.82 Å². The van der Waals surface area contributed by atoms with Gasteiger partial charge >= 0.3 is 0 Å². The summed E-state index contributed by atoms with van der Waals surface area (Å²) in [6.45, 7) is 1.96. The minimum absolute atomic E-state index is 0.437. The second kappa shape index (κ2) is 4.04. The van der Waals surface area contributed by atoms with Crippen molar-refractivity contribution in [2.75, 3.05) is 4.72 Å². The third kappa shape index (κ3) is 1.79. The van der Waals surface area contributed by atoms with E-state index in [-0.39, 0.29) is 0 Å². The molecule has 0 aliphatic heterocycles. The molecule has 0 amide bonds. The van der Waals surface area contributed by atoms with Gasteiger partial charge in [-0.1, -0.05) is 17.7 Å². The molecule has 3 N–H and O–H groups in total. The van der Waals surface area contributed by atoms with Crippen LogP contribution in [0.25, 0.3) is 10.9 Å². The highest BCUT2D eigenvalue weighted by Crippen LogP contribution is 2.31. The van der Waals surface area contributed by atoms with Crippen molar-refractivity contribution in [1.29, 1.82) is 0 Å². The van der Waals surface area contributed by atoms with Crippen LogP contribution in [0.1, 0.15) is 5.56 Å². The van der Waals surface area contributed by atoms with Crippen molar-refractivity contribution < 1.29 is 4.21 Å². The van der Waals surface area contributed by atoms with Gasteiger partial charge in [-0.2, -0.15) is 5.10 Å². The average molecular weight is 259 g/mol. The van der Waals surface area contributed by atoms with Gasteiger partial charge in [-0.05, 0) is 18.6 Å². The number of nitrogens with one attached hydrogen (secondary N) is 1. The average Bonchev–Trinajstić information content (AvgIpc) is 2.49. The van der Waals surface area contributed by atoms with Crippen LogP contribution < -0.4 is 9.86 Å². The minimum atomic E-state index is -1.66. The fourth-order valence-corrected chi connectivity index (χ4v) is 2.31. The molecule has 1 atom stereocenters. The molecule has 1 aromatic heterocycles. The Labute approximate surface area is 100 Å². The van der Waals surface area contributed by atoms with Crippen molar-refractivity contribution in [2.45, 2.75) is 6.92 Å². The summed E-state index contributed by atoms with van der Waals surface area (Å²) in [4.78, 5) is 0. The molecule has 0 fully saturated rings. The van der Waals surface area contributed by atoms with Gasteiger partial charge in [-0.25, -0.2) is 9.35 Å². The fourth-order valence-electron chi connectivity index (χ4n) is 1.73. The molecule has 2 aromatic rings. The third-order valence-corrected chi connectivity index (χ3v) is 3.05. The van der Waals surface area contributed by atoms with E-state index in [0.717, 1.165) is 16.5 Å². The highest BCUT2D eigenvalue weighted by atomic mass is 35.5. The van der Waals surface area contributed by atoms with E-state index in [9.17, 15) is 4.21 Å². The highest BCUT2D eigenvalue weighted by Gasteiger charge is 2.14. The molecule has 7 heteroatoms. The number of halogens is 1. The maximum atomic E-state index is 10.9. The summed E-state index contributed by atoms with van der Waals surface area (Å²) in [5.41, 5.74) is 1.95. The first kappa shape index (κ1) is 11.4. The van der Waals surface area contributed by atoms with Crippen molar-refractivity contribution in [3.63, 3.8) is 0 Å². The first-order chi connectivity index (χ1) is 7.50.